The molecule has 0 aliphatic carbocycles. The average molecular weight is 614 g/mol. The first-order valence-electron chi connectivity index (χ1n) is 15.9. The molecule has 3 aromatic carbocycles. The van der Waals surface area contributed by atoms with E-state index >= 15 is 0 Å². The Morgan fingerprint density at radius 1 is 0.804 bits per heavy atom. The SMILES string of the molecule is CC(C)(C)c1ccc(-c2nc3c(N4CCN(Cc5ccc6[nH]c(=O)c(=O)n(CCc7ccncc7)c6c5)CC4)cccc3[nH]2)cc1. The molecule has 0 saturated carbocycles. The standard InChI is InChI=1S/C37H39N7O2/c1-37(2,3)28-10-8-27(9-11-28)34-39-30-5-4-6-31(33(30)41-34)43-21-19-42(20-22-43)24-26-7-12-29-32(23-26)44(36(46)35(45)40-29)18-15-25-13-16-38-17-14-25/h4-14,16-17,23H,15,18-22,24H2,1-3H3,(H,39,41)(H,40,45). The molecule has 0 spiro atoms. The van der Waals surface area contributed by atoms with Gasteiger partial charge in [-0.15, -0.1) is 0 Å². The maximum atomic E-state index is 12.9. The fourth-order valence-electron chi connectivity index (χ4n) is 6.37. The first kappa shape index (κ1) is 29.7. The number of nitrogens with zero attached hydrogens (tertiary/aromatic N) is 5. The molecule has 1 fully saturated rings. The fraction of sp³-hybridized carbons (Fsp3) is 0.297. The summed E-state index contributed by atoms with van der Waals surface area (Å²) in [4.78, 5) is 45.6. The van der Waals surface area contributed by atoms with Crippen LogP contribution in [-0.4, -0.2) is 55.6 Å². The van der Waals surface area contributed by atoms with Gasteiger partial charge in [0, 0.05) is 57.2 Å². The van der Waals surface area contributed by atoms with Crippen molar-refractivity contribution in [2.75, 3.05) is 31.1 Å². The van der Waals surface area contributed by atoms with Gasteiger partial charge in [0.1, 0.15) is 11.3 Å². The summed E-state index contributed by atoms with van der Waals surface area (Å²) >= 11 is 0. The molecule has 1 aliphatic heterocycles. The highest BCUT2D eigenvalue weighted by molar-refractivity contribution is 5.91. The monoisotopic (exact) mass is 613 g/mol. The zero-order valence-corrected chi connectivity index (χ0v) is 26.6. The quantitative estimate of drug-likeness (QED) is 0.231. The molecule has 9 nitrogen and oxygen atoms in total. The van der Waals surface area contributed by atoms with Gasteiger partial charge in [-0.25, -0.2) is 4.98 Å². The van der Waals surface area contributed by atoms with Crippen LogP contribution in [0.3, 0.4) is 0 Å². The van der Waals surface area contributed by atoms with Crippen LogP contribution in [-0.2, 0) is 24.9 Å². The number of pyridine rings is 1. The molecule has 4 heterocycles. The van der Waals surface area contributed by atoms with Gasteiger partial charge in [0.05, 0.1) is 22.2 Å². The molecule has 3 aromatic heterocycles. The Balaban J connectivity index is 1.06. The molecule has 1 aliphatic rings. The maximum absolute atomic E-state index is 12.9. The van der Waals surface area contributed by atoms with E-state index in [1.165, 1.54) is 5.56 Å². The summed E-state index contributed by atoms with van der Waals surface area (Å²) in [7, 11) is 0. The predicted octanol–water partition coefficient (Wildman–Crippen LogP) is 5.49. The first-order chi connectivity index (χ1) is 22.2. The highest BCUT2D eigenvalue weighted by Gasteiger charge is 2.21. The van der Waals surface area contributed by atoms with Gasteiger partial charge in [-0.2, -0.15) is 0 Å². The summed E-state index contributed by atoms with van der Waals surface area (Å²) in [5.74, 6) is 0.887. The lowest BCUT2D eigenvalue weighted by Gasteiger charge is -2.36. The van der Waals surface area contributed by atoms with E-state index in [0.717, 1.165) is 77.5 Å². The Kier molecular flexibility index (Phi) is 7.78. The second-order valence-electron chi connectivity index (χ2n) is 13.2. The van der Waals surface area contributed by atoms with Gasteiger partial charge < -0.3 is 19.4 Å². The number of hydrogen-bond donors (Lipinski definition) is 2. The third-order valence-electron chi connectivity index (χ3n) is 9.05. The average Bonchev–Trinajstić information content (AvgIpc) is 3.51. The lowest BCUT2D eigenvalue weighted by atomic mass is 9.87. The van der Waals surface area contributed by atoms with Gasteiger partial charge in [-0.05, 0) is 64.9 Å². The van der Waals surface area contributed by atoms with E-state index < -0.39 is 11.1 Å². The van der Waals surface area contributed by atoms with Gasteiger partial charge >= 0.3 is 11.1 Å². The van der Waals surface area contributed by atoms with Gasteiger partial charge in [-0.3, -0.25) is 19.5 Å². The molecule has 0 bridgehead atoms. The van der Waals surface area contributed by atoms with E-state index in [9.17, 15) is 9.59 Å². The van der Waals surface area contributed by atoms with E-state index in [-0.39, 0.29) is 5.41 Å². The van der Waals surface area contributed by atoms with E-state index in [2.05, 4.69) is 88.0 Å². The van der Waals surface area contributed by atoms with Gasteiger partial charge in [0.2, 0.25) is 0 Å². The van der Waals surface area contributed by atoms with Crippen LogP contribution in [0.15, 0.2) is 94.8 Å². The third-order valence-corrected chi connectivity index (χ3v) is 9.05. The largest absolute Gasteiger partial charge is 0.367 e. The van der Waals surface area contributed by atoms with Gasteiger partial charge in [0.25, 0.3) is 0 Å². The Bertz CT molecular complexity index is 2110. The number of hydrogen-bond acceptors (Lipinski definition) is 6. The molecule has 46 heavy (non-hydrogen) atoms. The molecule has 1 saturated heterocycles. The topological polar surface area (TPSA) is 103 Å². The van der Waals surface area contributed by atoms with Crippen molar-refractivity contribution < 1.29 is 0 Å². The third kappa shape index (κ3) is 5.98. The Hall–Kier alpha value is -5.02. The van der Waals surface area contributed by atoms with Crippen LogP contribution in [0, 0.1) is 0 Å². The molecular formula is C37H39N7O2. The van der Waals surface area contributed by atoms with Crippen LogP contribution in [0.25, 0.3) is 33.5 Å². The minimum Gasteiger partial charge on any atom is -0.367 e. The molecule has 9 heteroatoms. The van der Waals surface area contributed by atoms with E-state index in [0.29, 0.717) is 18.5 Å². The number of fused-ring (bicyclic) bond motifs is 2. The van der Waals surface area contributed by atoms with Crippen molar-refractivity contribution in [3.8, 4) is 11.4 Å². The molecule has 6 aromatic rings. The molecule has 0 atom stereocenters. The van der Waals surface area contributed by atoms with Crippen LogP contribution in [0.2, 0.25) is 0 Å². The number of rotatable bonds is 7. The minimum atomic E-state index is -0.594. The molecule has 0 amide bonds. The summed E-state index contributed by atoms with van der Waals surface area (Å²) in [5, 5.41) is 0. The highest BCUT2D eigenvalue weighted by Crippen LogP contribution is 2.31. The number of piperazine rings is 1. The number of nitrogens with one attached hydrogen (secondary N) is 2. The molecule has 2 N–H and O–H groups in total. The van der Waals surface area contributed by atoms with Crippen molar-refractivity contribution in [3.63, 3.8) is 0 Å². The smallest absolute Gasteiger partial charge is 0.316 e. The van der Waals surface area contributed by atoms with Crippen molar-refractivity contribution in [2.24, 2.45) is 0 Å². The number of anilines is 1. The van der Waals surface area contributed by atoms with Crippen LogP contribution in [0.4, 0.5) is 5.69 Å². The minimum absolute atomic E-state index is 0.111. The van der Waals surface area contributed by atoms with Crippen molar-refractivity contribution in [1.29, 1.82) is 0 Å². The van der Waals surface area contributed by atoms with Crippen LogP contribution >= 0.6 is 0 Å². The zero-order chi connectivity index (χ0) is 31.8. The number of aryl methyl sites for hydroxylation is 2. The number of H-pyrrole nitrogens is 2. The summed E-state index contributed by atoms with van der Waals surface area (Å²) in [5.41, 5.74) is 8.18. The second kappa shape index (κ2) is 12.1. The molecule has 7 rings (SSSR count). The predicted molar refractivity (Wildman–Crippen MR) is 184 cm³/mol. The Morgan fingerprint density at radius 3 is 2.30 bits per heavy atom. The van der Waals surface area contributed by atoms with E-state index in [1.807, 2.05) is 30.3 Å². The summed E-state index contributed by atoms with van der Waals surface area (Å²) in [6.07, 6.45) is 4.12. The molecule has 0 unspecified atom stereocenters. The maximum Gasteiger partial charge on any atom is 0.316 e. The van der Waals surface area contributed by atoms with E-state index in [4.69, 9.17) is 4.98 Å². The van der Waals surface area contributed by atoms with Crippen LogP contribution < -0.4 is 16.0 Å². The second-order valence-corrected chi connectivity index (χ2v) is 13.2. The Labute approximate surface area is 267 Å². The first-order valence-corrected chi connectivity index (χ1v) is 15.9. The Morgan fingerprint density at radius 2 is 1.57 bits per heavy atom. The van der Waals surface area contributed by atoms with Crippen LogP contribution in [0.5, 0.6) is 0 Å². The zero-order valence-electron chi connectivity index (χ0n) is 26.6. The molecule has 0 radical (unpaired) electrons. The van der Waals surface area contributed by atoms with Crippen molar-refractivity contribution in [1.82, 2.24) is 29.4 Å². The number of aromatic amines is 2. The highest BCUT2D eigenvalue weighted by atomic mass is 16.2. The lowest BCUT2D eigenvalue weighted by Crippen LogP contribution is -2.46. The summed E-state index contributed by atoms with van der Waals surface area (Å²) in [6.45, 7) is 11.5. The van der Waals surface area contributed by atoms with Crippen molar-refractivity contribution in [3.05, 3.63) is 123 Å². The number of imidazole rings is 1. The van der Waals surface area contributed by atoms with Crippen molar-refractivity contribution in [2.45, 2.75) is 45.7 Å². The van der Waals surface area contributed by atoms with E-state index in [1.54, 1.807) is 17.0 Å². The van der Waals surface area contributed by atoms with Crippen LogP contribution in [0.1, 0.15) is 37.5 Å². The number of aromatic nitrogens is 5. The normalized spacial score (nSPS) is 14.4. The lowest BCUT2D eigenvalue weighted by molar-refractivity contribution is 0.250. The van der Waals surface area contributed by atoms with Crippen molar-refractivity contribution >= 4 is 27.8 Å². The summed E-state index contributed by atoms with van der Waals surface area (Å²) in [6, 6.07) is 24.9. The van der Waals surface area contributed by atoms with Gasteiger partial charge in [0.15, 0.2) is 0 Å². The number of benzene rings is 3. The fourth-order valence-corrected chi connectivity index (χ4v) is 6.37. The van der Waals surface area contributed by atoms with Gasteiger partial charge in [-0.1, -0.05) is 57.2 Å². The molecular weight excluding hydrogens is 574 g/mol. The summed E-state index contributed by atoms with van der Waals surface area (Å²) < 4.78 is 1.60. The number of para-hydroxylation sites is 1. The molecule has 234 valence electrons.